The van der Waals surface area contributed by atoms with Gasteiger partial charge in [0.2, 0.25) is 5.91 Å². The smallest absolute Gasteiger partial charge is 0.233 e. The lowest BCUT2D eigenvalue weighted by atomic mass is 10.1. The third-order valence-corrected chi connectivity index (χ3v) is 8.17. The first-order valence-corrected chi connectivity index (χ1v) is 12.5. The number of fused-ring (bicyclic) bond motifs is 1. The first kappa shape index (κ1) is 21.1. The van der Waals surface area contributed by atoms with Crippen molar-refractivity contribution >= 4 is 38.4 Å². The normalized spacial score (nSPS) is 19.6. The van der Waals surface area contributed by atoms with E-state index in [2.05, 4.69) is 13.0 Å². The van der Waals surface area contributed by atoms with Crippen molar-refractivity contribution < 1.29 is 13.2 Å². The molecule has 2 aromatic rings. The second-order valence-corrected chi connectivity index (χ2v) is 10.9. The second kappa shape index (κ2) is 8.41. The topological polar surface area (TPSA) is 67.3 Å². The van der Waals surface area contributed by atoms with Crippen molar-refractivity contribution in [3.8, 4) is 0 Å². The Morgan fingerprint density at radius 3 is 2.71 bits per heavy atom. The number of carbonyl (C=O) groups is 1. The van der Waals surface area contributed by atoms with Crippen LogP contribution in [0.5, 0.6) is 0 Å². The van der Waals surface area contributed by atoms with Crippen LogP contribution < -0.4 is 0 Å². The standard InChI is InChI=1S/C21H28N2O3S2/c1-5-16(4)23(17-9-10-28(25,26)13-17)20(24)12-27-19-11-15(3)18-8-6-7-14(2)21(18)22-19/h6-8,11,16-17H,5,9-10,12-13H2,1-4H3/t16-,17+/m1/s1. The number of rotatable bonds is 6. The first-order valence-electron chi connectivity index (χ1n) is 9.73. The molecule has 2 heterocycles. The Morgan fingerprint density at radius 1 is 1.32 bits per heavy atom. The summed E-state index contributed by atoms with van der Waals surface area (Å²) in [6, 6.07) is 7.98. The van der Waals surface area contributed by atoms with E-state index in [1.54, 1.807) is 4.90 Å². The molecule has 3 rings (SSSR count). The highest BCUT2D eigenvalue weighted by molar-refractivity contribution is 7.99. The van der Waals surface area contributed by atoms with Crippen LogP contribution in [-0.2, 0) is 14.6 Å². The van der Waals surface area contributed by atoms with E-state index in [1.807, 2.05) is 39.0 Å². The summed E-state index contributed by atoms with van der Waals surface area (Å²) >= 11 is 1.43. The lowest BCUT2D eigenvalue weighted by molar-refractivity contribution is -0.132. The van der Waals surface area contributed by atoms with E-state index in [0.29, 0.717) is 6.42 Å². The molecular weight excluding hydrogens is 392 g/mol. The summed E-state index contributed by atoms with van der Waals surface area (Å²) in [6.45, 7) is 8.12. The van der Waals surface area contributed by atoms with Crippen LogP contribution in [-0.4, -0.2) is 53.6 Å². The highest BCUT2D eigenvalue weighted by Gasteiger charge is 2.36. The zero-order valence-corrected chi connectivity index (χ0v) is 18.6. The van der Waals surface area contributed by atoms with Crippen LogP contribution in [0.2, 0.25) is 0 Å². The Hall–Kier alpha value is -1.60. The lowest BCUT2D eigenvalue weighted by Crippen LogP contribution is -2.47. The summed E-state index contributed by atoms with van der Waals surface area (Å²) < 4.78 is 23.8. The molecule has 0 spiro atoms. The molecule has 0 aliphatic carbocycles. The summed E-state index contributed by atoms with van der Waals surface area (Å²) in [5, 5.41) is 1.96. The summed E-state index contributed by atoms with van der Waals surface area (Å²) in [5.74, 6) is 0.520. The van der Waals surface area contributed by atoms with Gasteiger partial charge in [0, 0.05) is 17.5 Å². The lowest BCUT2D eigenvalue weighted by Gasteiger charge is -2.33. The van der Waals surface area contributed by atoms with E-state index in [0.717, 1.165) is 33.5 Å². The van der Waals surface area contributed by atoms with Crippen LogP contribution in [0.15, 0.2) is 29.3 Å². The number of nitrogens with zero attached hydrogens (tertiary/aromatic N) is 2. The predicted octanol–water partition coefficient (Wildman–Crippen LogP) is 3.76. The molecule has 2 atom stereocenters. The third-order valence-electron chi connectivity index (χ3n) is 5.52. The summed E-state index contributed by atoms with van der Waals surface area (Å²) in [5.41, 5.74) is 3.23. The number of benzene rings is 1. The summed E-state index contributed by atoms with van der Waals surface area (Å²) in [6.07, 6.45) is 1.34. The summed E-state index contributed by atoms with van der Waals surface area (Å²) in [4.78, 5) is 19.6. The zero-order chi connectivity index (χ0) is 20.5. The molecule has 28 heavy (non-hydrogen) atoms. The maximum Gasteiger partial charge on any atom is 0.233 e. The maximum atomic E-state index is 13.0. The average Bonchev–Trinajstić information content (AvgIpc) is 3.00. The van der Waals surface area contributed by atoms with Crippen molar-refractivity contribution in [3.63, 3.8) is 0 Å². The van der Waals surface area contributed by atoms with Crippen LogP contribution in [0.25, 0.3) is 10.9 Å². The SMILES string of the molecule is CC[C@@H](C)N(C(=O)CSc1cc(C)c2cccc(C)c2n1)[C@H]1CCS(=O)(=O)C1. The van der Waals surface area contributed by atoms with Gasteiger partial charge >= 0.3 is 0 Å². The number of hydrogen-bond donors (Lipinski definition) is 0. The number of amides is 1. The van der Waals surface area contributed by atoms with Crippen molar-refractivity contribution in [2.45, 2.75) is 57.6 Å². The van der Waals surface area contributed by atoms with Gasteiger partial charge < -0.3 is 4.90 Å². The van der Waals surface area contributed by atoms with E-state index < -0.39 is 9.84 Å². The molecular formula is C21H28N2O3S2. The Bertz CT molecular complexity index is 989. The number of aryl methyl sites for hydroxylation is 2. The highest BCUT2D eigenvalue weighted by Crippen LogP contribution is 2.27. The summed E-state index contributed by atoms with van der Waals surface area (Å²) in [7, 11) is -3.03. The molecule has 0 saturated carbocycles. The van der Waals surface area contributed by atoms with Gasteiger partial charge in [-0.3, -0.25) is 4.79 Å². The average molecular weight is 421 g/mol. The molecule has 0 bridgehead atoms. The van der Waals surface area contributed by atoms with Gasteiger partial charge in [0.15, 0.2) is 9.84 Å². The molecule has 1 fully saturated rings. The maximum absolute atomic E-state index is 13.0. The Morgan fingerprint density at radius 2 is 2.07 bits per heavy atom. The number of pyridine rings is 1. The fraction of sp³-hybridized carbons (Fsp3) is 0.524. The molecule has 1 amide bonds. The van der Waals surface area contributed by atoms with Gasteiger partial charge in [0.1, 0.15) is 0 Å². The fourth-order valence-corrected chi connectivity index (χ4v) is 6.36. The minimum absolute atomic E-state index is 0.00853. The second-order valence-electron chi connectivity index (χ2n) is 7.65. The number of carbonyl (C=O) groups excluding carboxylic acids is 1. The van der Waals surface area contributed by atoms with Gasteiger partial charge in [-0.25, -0.2) is 13.4 Å². The first-order chi connectivity index (χ1) is 13.2. The number of thioether (sulfide) groups is 1. The van der Waals surface area contributed by atoms with Gasteiger partial charge in [-0.05, 0) is 50.8 Å². The molecule has 1 aliphatic heterocycles. The molecule has 5 nitrogen and oxygen atoms in total. The molecule has 0 unspecified atom stereocenters. The van der Waals surface area contributed by atoms with E-state index >= 15 is 0 Å². The van der Waals surface area contributed by atoms with E-state index in [9.17, 15) is 13.2 Å². The van der Waals surface area contributed by atoms with E-state index in [1.165, 1.54) is 11.8 Å². The molecule has 7 heteroatoms. The molecule has 1 aliphatic rings. The molecule has 1 aromatic carbocycles. The molecule has 0 N–H and O–H groups in total. The minimum atomic E-state index is -3.03. The van der Waals surface area contributed by atoms with Crippen molar-refractivity contribution in [1.29, 1.82) is 0 Å². The molecule has 1 saturated heterocycles. The van der Waals surface area contributed by atoms with Crippen LogP contribution in [0.1, 0.15) is 37.8 Å². The molecule has 152 valence electrons. The quantitative estimate of drug-likeness (QED) is 0.666. The Labute approximate surface area is 171 Å². The Kier molecular flexibility index (Phi) is 6.34. The van der Waals surface area contributed by atoms with Crippen LogP contribution >= 0.6 is 11.8 Å². The van der Waals surface area contributed by atoms with Crippen LogP contribution in [0.3, 0.4) is 0 Å². The van der Waals surface area contributed by atoms with Crippen molar-refractivity contribution in [2.75, 3.05) is 17.3 Å². The van der Waals surface area contributed by atoms with E-state index in [4.69, 9.17) is 4.98 Å². The molecule has 0 radical (unpaired) electrons. The van der Waals surface area contributed by atoms with Crippen molar-refractivity contribution in [1.82, 2.24) is 9.88 Å². The van der Waals surface area contributed by atoms with Gasteiger partial charge in [-0.15, -0.1) is 0 Å². The largest absolute Gasteiger partial charge is 0.335 e. The zero-order valence-electron chi connectivity index (χ0n) is 16.9. The number of hydrogen-bond acceptors (Lipinski definition) is 5. The highest BCUT2D eigenvalue weighted by atomic mass is 32.2. The van der Waals surface area contributed by atoms with Crippen molar-refractivity contribution in [2.24, 2.45) is 0 Å². The van der Waals surface area contributed by atoms with Gasteiger partial charge in [0.05, 0.1) is 27.8 Å². The minimum Gasteiger partial charge on any atom is -0.335 e. The van der Waals surface area contributed by atoms with Gasteiger partial charge in [-0.1, -0.05) is 36.9 Å². The predicted molar refractivity (Wildman–Crippen MR) is 116 cm³/mol. The van der Waals surface area contributed by atoms with Crippen LogP contribution in [0, 0.1) is 13.8 Å². The molecule has 1 aromatic heterocycles. The van der Waals surface area contributed by atoms with Gasteiger partial charge in [0.25, 0.3) is 0 Å². The Balaban J connectivity index is 1.77. The fourth-order valence-electron chi connectivity index (χ4n) is 3.82. The van der Waals surface area contributed by atoms with Crippen LogP contribution in [0.4, 0.5) is 0 Å². The third kappa shape index (κ3) is 4.51. The van der Waals surface area contributed by atoms with E-state index in [-0.39, 0.29) is 35.2 Å². The van der Waals surface area contributed by atoms with Crippen molar-refractivity contribution in [3.05, 3.63) is 35.4 Å². The number of aromatic nitrogens is 1. The number of sulfone groups is 1. The van der Waals surface area contributed by atoms with Gasteiger partial charge in [-0.2, -0.15) is 0 Å². The number of para-hydroxylation sites is 1. The monoisotopic (exact) mass is 420 g/mol.